The number of carbonyl (C=O) groups is 2. The summed E-state index contributed by atoms with van der Waals surface area (Å²) in [6.07, 6.45) is -3.22. The van der Waals surface area contributed by atoms with Gasteiger partial charge in [-0.1, -0.05) is 6.92 Å². The molecule has 8 heteroatoms. The molecule has 1 fully saturated rings. The third-order valence-corrected chi connectivity index (χ3v) is 3.28. The molecule has 0 spiro atoms. The van der Waals surface area contributed by atoms with E-state index in [4.69, 9.17) is 0 Å². The molecular formula is C13H14F3N3O2. The molecule has 0 saturated carbocycles. The van der Waals surface area contributed by atoms with Crippen LogP contribution in [0.4, 0.5) is 18.9 Å². The van der Waals surface area contributed by atoms with E-state index in [0.29, 0.717) is 6.42 Å². The molecule has 1 N–H and O–H groups in total. The summed E-state index contributed by atoms with van der Waals surface area (Å²) in [6, 6.07) is 0.489. The zero-order valence-electron chi connectivity index (χ0n) is 11.4. The first-order valence-electron chi connectivity index (χ1n) is 6.42. The van der Waals surface area contributed by atoms with Crippen LogP contribution in [0, 0.1) is 0 Å². The Labute approximate surface area is 119 Å². The first-order chi connectivity index (χ1) is 9.75. The van der Waals surface area contributed by atoms with Crippen molar-refractivity contribution in [2.75, 3.05) is 4.90 Å². The second-order valence-corrected chi connectivity index (χ2v) is 4.76. The predicted molar refractivity (Wildman–Crippen MR) is 68.4 cm³/mol. The van der Waals surface area contributed by atoms with E-state index in [1.165, 1.54) is 11.8 Å². The third kappa shape index (κ3) is 2.84. The summed E-state index contributed by atoms with van der Waals surface area (Å²) in [5.74, 6) is -0.701. The van der Waals surface area contributed by atoms with Crippen LogP contribution in [-0.2, 0) is 15.8 Å². The highest BCUT2D eigenvalue weighted by molar-refractivity contribution is 6.08. The van der Waals surface area contributed by atoms with Gasteiger partial charge in [-0.15, -0.1) is 0 Å². The number of alkyl halides is 3. The molecule has 1 aromatic heterocycles. The van der Waals surface area contributed by atoms with Crippen LogP contribution >= 0.6 is 0 Å². The van der Waals surface area contributed by atoms with Crippen molar-refractivity contribution in [1.29, 1.82) is 0 Å². The van der Waals surface area contributed by atoms with Crippen LogP contribution in [0.1, 0.15) is 26.0 Å². The first-order valence-corrected chi connectivity index (χ1v) is 6.42. The Hall–Kier alpha value is -2.12. The molecule has 2 rings (SSSR count). The highest BCUT2D eigenvalue weighted by Gasteiger charge is 2.39. The summed E-state index contributed by atoms with van der Waals surface area (Å²) in [4.78, 5) is 28.6. The topological polar surface area (TPSA) is 62.3 Å². The zero-order chi connectivity index (χ0) is 15.8. The van der Waals surface area contributed by atoms with Crippen molar-refractivity contribution in [3.8, 4) is 0 Å². The lowest BCUT2D eigenvalue weighted by Gasteiger charge is -2.37. The molecule has 2 heterocycles. The minimum Gasteiger partial charge on any atom is -0.343 e. The molecule has 2 atom stereocenters. The minimum atomic E-state index is -4.54. The number of carbonyl (C=O) groups excluding carboxylic acids is 2. The first kappa shape index (κ1) is 15.3. The highest BCUT2D eigenvalue weighted by Crippen LogP contribution is 2.29. The molecule has 0 aromatic carbocycles. The van der Waals surface area contributed by atoms with Crippen molar-refractivity contribution in [1.82, 2.24) is 10.3 Å². The van der Waals surface area contributed by atoms with E-state index in [1.54, 1.807) is 6.92 Å². The SMILES string of the molecule is CCC1C(=O)NC(C)C(=O)N1c1ccc(C(F)(F)F)nc1. The van der Waals surface area contributed by atoms with E-state index in [-0.39, 0.29) is 17.5 Å². The smallest absolute Gasteiger partial charge is 0.343 e. The van der Waals surface area contributed by atoms with Crippen molar-refractivity contribution >= 4 is 17.5 Å². The summed E-state index contributed by atoms with van der Waals surface area (Å²) in [6.45, 7) is 3.24. The molecule has 5 nitrogen and oxygen atoms in total. The Morgan fingerprint density at radius 2 is 2.00 bits per heavy atom. The standard InChI is InChI=1S/C13H14F3N3O2/c1-3-9-11(20)18-7(2)12(21)19(9)8-4-5-10(17-6-8)13(14,15)16/h4-7,9H,3H2,1-2H3,(H,18,20). The van der Waals surface area contributed by atoms with Gasteiger partial charge in [-0.3, -0.25) is 14.5 Å². The van der Waals surface area contributed by atoms with Crippen LogP contribution in [0.2, 0.25) is 0 Å². The lowest BCUT2D eigenvalue weighted by atomic mass is 10.0. The highest BCUT2D eigenvalue weighted by atomic mass is 19.4. The number of pyridine rings is 1. The molecule has 0 aliphatic carbocycles. The number of piperazine rings is 1. The molecule has 1 aliphatic rings. The van der Waals surface area contributed by atoms with Gasteiger partial charge in [-0.2, -0.15) is 13.2 Å². The van der Waals surface area contributed by atoms with Crippen molar-refractivity contribution in [2.24, 2.45) is 0 Å². The Morgan fingerprint density at radius 1 is 1.33 bits per heavy atom. The van der Waals surface area contributed by atoms with Gasteiger partial charge in [-0.25, -0.2) is 4.98 Å². The van der Waals surface area contributed by atoms with Crippen LogP contribution in [0.3, 0.4) is 0 Å². The van der Waals surface area contributed by atoms with Gasteiger partial charge in [0.05, 0.1) is 11.9 Å². The van der Waals surface area contributed by atoms with Crippen LogP contribution in [0.25, 0.3) is 0 Å². The Balaban J connectivity index is 2.37. The molecule has 2 unspecified atom stereocenters. The minimum absolute atomic E-state index is 0.182. The number of aromatic nitrogens is 1. The largest absolute Gasteiger partial charge is 0.433 e. The third-order valence-electron chi connectivity index (χ3n) is 3.28. The van der Waals surface area contributed by atoms with Crippen LogP contribution in [0.15, 0.2) is 18.3 Å². The average Bonchev–Trinajstić information content (AvgIpc) is 2.41. The summed E-state index contributed by atoms with van der Waals surface area (Å²) in [5.41, 5.74) is -0.859. The lowest BCUT2D eigenvalue weighted by molar-refractivity contribution is -0.141. The summed E-state index contributed by atoms with van der Waals surface area (Å²) < 4.78 is 37.5. The van der Waals surface area contributed by atoms with Gasteiger partial charge < -0.3 is 5.32 Å². The molecule has 1 aromatic rings. The molecule has 0 radical (unpaired) electrons. The van der Waals surface area contributed by atoms with Gasteiger partial charge >= 0.3 is 6.18 Å². The predicted octanol–water partition coefficient (Wildman–Crippen LogP) is 1.73. The van der Waals surface area contributed by atoms with Gasteiger partial charge in [0.1, 0.15) is 17.8 Å². The van der Waals surface area contributed by atoms with E-state index in [2.05, 4.69) is 10.3 Å². The fourth-order valence-corrected chi connectivity index (χ4v) is 2.22. The summed E-state index contributed by atoms with van der Waals surface area (Å²) in [7, 11) is 0. The maximum Gasteiger partial charge on any atom is 0.433 e. The Bertz CT molecular complexity index is 557. The number of hydrogen-bond donors (Lipinski definition) is 1. The van der Waals surface area contributed by atoms with Crippen LogP contribution in [-0.4, -0.2) is 28.9 Å². The molecule has 21 heavy (non-hydrogen) atoms. The molecule has 0 bridgehead atoms. The zero-order valence-corrected chi connectivity index (χ0v) is 11.4. The van der Waals surface area contributed by atoms with Gasteiger partial charge in [-0.05, 0) is 25.5 Å². The number of nitrogens with one attached hydrogen (secondary N) is 1. The van der Waals surface area contributed by atoms with Crippen LogP contribution < -0.4 is 10.2 Å². The number of nitrogens with zero attached hydrogens (tertiary/aromatic N) is 2. The van der Waals surface area contributed by atoms with Crippen LogP contribution in [0.5, 0.6) is 0 Å². The normalized spacial score (nSPS) is 23.2. The molecule has 2 amide bonds. The maximum absolute atomic E-state index is 12.5. The summed E-state index contributed by atoms with van der Waals surface area (Å²) in [5, 5.41) is 2.53. The second-order valence-electron chi connectivity index (χ2n) is 4.76. The fraction of sp³-hybridized carbons (Fsp3) is 0.462. The number of hydrogen-bond acceptors (Lipinski definition) is 3. The Kier molecular flexibility index (Phi) is 3.89. The van der Waals surface area contributed by atoms with Crippen molar-refractivity contribution in [3.63, 3.8) is 0 Å². The second kappa shape index (κ2) is 5.34. The summed E-state index contributed by atoms with van der Waals surface area (Å²) >= 11 is 0. The molecule has 1 saturated heterocycles. The fourth-order valence-electron chi connectivity index (χ4n) is 2.22. The molecule has 114 valence electrons. The lowest BCUT2D eigenvalue weighted by Crippen LogP contribution is -2.62. The van der Waals surface area contributed by atoms with E-state index in [1.807, 2.05) is 0 Å². The van der Waals surface area contributed by atoms with E-state index in [9.17, 15) is 22.8 Å². The Morgan fingerprint density at radius 3 is 2.48 bits per heavy atom. The maximum atomic E-state index is 12.5. The van der Waals surface area contributed by atoms with Gasteiger partial charge in [0, 0.05) is 0 Å². The number of anilines is 1. The monoisotopic (exact) mass is 301 g/mol. The van der Waals surface area contributed by atoms with E-state index in [0.717, 1.165) is 18.3 Å². The molecule has 1 aliphatic heterocycles. The van der Waals surface area contributed by atoms with Gasteiger partial charge in [0.15, 0.2) is 0 Å². The van der Waals surface area contributed by atoms with Crippen molar-refractivity contribution in [2.45, 2.75) is 38.5 Å². The molecular weight excluding hydrogens is 287 g/mol. The van der Waals surface area contributed by atoms with Gasteiger partial charge in [0.2, 0.25) is 11.8 Å². The number of amides is 2. The number of rotatable bonds is 2. The van der Waals surface area contributed by atoms with Gasteiger partial charge in [0.25, 0.3) is 0 Å². The van der Waals surface area contributed by atoms with E-state index < -0.39 is 24.0 Å². The number of halogens is 3. The van der Waals surface area contributed by atoms with Crippen molar-refractivity contribution in [3.05, 3.63) is 24.0 Å². The van der Waals surface area contributed by atoms with E-state index >= 15 is 0 Å². The van der Waals surface area contributed by atoms with Crippen molar-refractivity contribution < 1.29 is 22.8 Å². The quantitative estimate of drug-likeness (QED) is 0.905. The average molecular weight is 301 g/mol.